The minimum atomic E-state index is -0.747. The molecule has 0 aliphatic rings. The number of hydrogen-bond donors (Lipinski definition) is 1. The second-order valence-electron chi connectivity index (χ2n) is 4.35. The van der Waals surface area contributed by atoms with Crippen LogP contribution in [0.4, 0.5) is 8.78 Å². The second-order valence-corrected chi connectivity index (χ2v) is 4.35. The van der Waals surface area contributed by atoms with Gasteiger partial charge in [0.15, 0.2) is 5.82 Å². The molecule has 2 rings (SSSR count). The van der Waals surface area contributed by atoms with Crippen LogP contribution in [0.15, 0.2) is 22.7 Å². The highest BCUT2D eigenvalue weighted by atomic mass is 19.1. The summed E-state index contributed by atoms with van der Waals surface area (Å²) in [5.41, 5.74) is 5.91. The SMILES string of the molecule is CC(C)C(N)c1noc(-c2ccc(F)cc2F)n1. The summed E-state index contributed by atoms with van der Waals surface area (Å²) in [6, 6.07) is 2.76. The highest BCUT2D eigenvalue weighted by Gasteiger charge is 2.19. The zero-order valence-electron chi connectivity index (χ0n) is 10.0. The third kappa shape index (κ3) is 2.38. The summed E-state index contributed by atoms with van der Waals surface area (Å²) in [6.45, 7) is 3.83. The van der Waals surface area contributed by atoms with Crippen LogP contribution in [0.1, 0.15) is 25.7 Å². The lowest BCUT2D eigenvalue weighted by Crippen LogP contribution is -2.18. The molecule has 1 aromatic carbocycles. The number of benzene rings is 1. The molecule has 1 unspecified atom stereocenters. The second kappa shape index (κ2) is 4.81. The van der Waals surface area contributed by atoms with Gasteiger partial charge in [0.1, 0.15) is 11.6 Å². The fourth-order valence-corrected chi connectivity index (χ4v) is 1.44. The molecule has 0 bridgehead atoms. The molecule has 4 nitrogen and oxygen atoms in total. The van der Waals surface area contributed by atoms with E-state index in [0.717, 1.165) is 12.1 Å². The van der Waals surface area contributed by atoms with Crippen molar-refractivity contribution in [2.75, 3.05) is 0 Å². The van der Waals surface area contributed by atoms with Gasteiger partial charge >= 0.3 is 0 Å². The summed E-state index contributed by atoms with van der Waals surface area (Å²) in [5.74, 6) is -0.964. The molecule has 0 saturated heterocycles. The fourth-order valence-electron chi connectivity index (χ4n) is 1.44. The maximum atomic E-state index is 13.5. The Hall–Kier alpha value is -1.82. The van der Waals surface area contributed by atoms with Gasteiger partial charge in [-0.1, -0.05) is 19.0 Å². The van der Waals surface area contributed by atoms with Crippen LogP contribution in [0.5, 0.6) is 0 Å². The molecular formula is C12H13F2N3O. The van der Waals surface area contributed by atoms with Gasteiger partial charge in [0.25, 0.3) is 5.89 Å². The monoisotopic (exact) mass is 253 g/mol. The minimum absolute atomic E-state index is 0.00130. The van der Waals surface area contributed by atoms with Crippen molar-refractivity contribution in [1.29, 1.82) is 0 Å². The molecule has 1 heterocycles. The Morgan fingerprint density at radius 2 is 2.00 bits per heavy atom. The van der Waals surface area contributed by atoms with E-state index in [0.29, 0.717) is 5.82 Å². The number of rotatable bonds is 3. The summed E-state index contributed by atoms with van der Waals surface area (Å²) in [6.07, 6.45) is 0. The first-order valence-corrected chi connectivity index (χ1v) is 5.53. The molecule has 96 valence electrons. The quantitative estimate of drug-likeness (QED) is 0.913. The number of halogens is 2. The Kier molecular flexibility index (Phi) is 3.38. The van der Waals surface area contributed by atoms with E-state index in [4.69, 9.17) is 10.3 Å². The van der Waals surface area contributed by atoms with E-state index in [1.807, 2.05) is 13.8 Å². The normalized spacial score (nSPS) is 13.0. The van der Waals surface area contributed by atoms with Crippen LogP contribution in [-0.4, -0.2) is 10.1 Å². The average Bonchev–Trinajstić information content (AvgIpc) is 2.77. The van der Waals surface area contributed by atoms with Crippen LogP contribution in [0.2, 0.25) is 0 Å². The molecule has 0 spiro atoms. The maximum Gasteiger partial charge on any atom is 0.260 e. The molecule has 6 heteroatoms. The van der Waals surface area contributed by atoms with Crippen molar-refractivity contribution in [1.82, 2.24) is 10.1 Å². The van der Waals surface area contributed by atoms with Gasteiger partial charge in [0.05, 0.1) is 11.6 Å². The van der Waals surface area contributed by atoms with E-state index in [-0.39, 0.29) is 23.4 Å². The van der Waals surface area contributed by atoms with Crippen molar-refractivity contribution in [2.45, 2.75) is 19.9 Å². The van der Waals surface area contributed by atoms with Gasteiger partial charge in [0.2, 0.25) is 0 Å². The molecule has 2 N–H and O–H groups in total. The van der Waals surface area contributed by atoms with E-state index >= 15 is 0 Å². The van der Waals surface area contributed by atoms with Gasteiger partial charge in [0, 0.05) is 6.07 Å². The molecule has 0 fully saturated rings. The first kappa shape index (κ1) is 12.6. The molecule has 0 aliphatic heterocycles. The molecule has 0 saturated carbocycles. The number of nitrogens with zero attached hydrogens (tertiary/aromatic N) is 2. The van der Waals surface area contributed by atoms with Gasteiger partial charge in [-0.15, -0.1) is 0 Å². The highest BCUT2D eigenvalue weighted by molar-refractivity contribution is 5.53. The van der Waals surface area contributed by atoms with Crippen molar-refractivity contribution in [2.24, 2.45) is 11.7 Å². The molecule has 0 aliphatic carbocycles. The highest BCUT2D eigenvalue weighted by Crippen LogP contribution is 2.24. The Morgan fingerprint density at radius 3 is 2.61 bits per heavy atom. The first-order chi connectivity index (χ1) is 8.49. The third-order valence-corrected chi connectivity index (χ3v) is 2.62. The molecule has 0 radical (unpaired) electrons. The smallest absolute Gasteiger partial charge is 0.260 e. The van der Waals surface area contributed by atoms with E-state index in [9.17, 15) is 8.78 Å². The molecule has 18 heavy (non-hydrogen) atoms. The van der Waals surface area contributed by atoms with Crippen molar-refractivity contribution < 1.29 is 13.3 Å². The minimum Gasteiger partial charge on any atom is -0.334 e. The van der Waals surface area contributed by atoms with Crippen molar-refractivity contribution in [3.05, 3.63) is 35.7 Å². The Balaban J connectivity index is 2.35. The zero-order valence-corrected chi connectivity index (χ0v) is 10.0. The van der Waals surface area contributed by atoms with Gasteiger partial charge in [-0.3, -0.25) is 0 Å². The Bertz CT molecular complexity index is 554. The molecule has 1 atom stereocenters. The lowest BCUT2D eigenvalue weighted by molar-refractivity contribution is 0.398. The van der Waals surface area contributed by atoms with Crippen LogP contribution in [-0.2, 0) is 0 Å². The van der Waals surface area contributed by atoms with Crippen LogP contribution in [0.25, 0.3) is 11.5 Å². The summed E-state index contributed by atoms with van der Waals surface area (Å²) < 4.78 is 31.2. The lowest BCUT2D eigenvalue weighted by atomic mass is 10.1. The Labute approximate surface area is 103 Å². The zero-order chi connectivity index (χ0) is 13.3. The standard InChI is InChI=1S/C12H13F2N3O/c1-6(2)10(15)11-16-12(18-17-11)8-4-3-7(13)5-9(8)14/h3-6,10H,15H2,1-2H3. The van der Waals surface area contributed by atoms with Gasteiger partial charge in [-0.05, 0) is 18.1 Å². The van der Waals surface area contributed by atoms with Crippen LogP contribution in [0, 0.1) is 17.6 Å². The number of hydrogen-bond acceptors (Lipinski definition) is 4. The van der Waals surface area contributed by atoms with Crippen molar-refractivity contribution >= 4 is 0 Å². The summed E-state index contributed by atoms with van der Waals surface area (Å²) >= 11 is 0. The van der Waals surface area contributed by atoms with E-state index in [2.05, 4.69) is 10.1 Å². The third-order valence-electron chi connectivity index (χ3n) is 2.62. The fraction of sp³-hybridized carbons (Fsp3) is 0.333. The van der Waals surface area contributed by atoms with Crippen LogP contribution >= 0.6 is 0 Å². The van der Waals surface area contributed by atoms with Gasteiger partial charge in [-0.25, -0.2) is 8.78 Å². The summed E-state index contributed by atoms with van der Waals surface area (Å²) in [7, 11) is 0. The molecule has 1 aromatic heterocycles. The van der Waals surface area contributed by atoms with Crippen molar-refractivity contribution in [3.63, 3.8) is 0 Å². The summed E-state index contributed by atoms with van der Waals surface area (Å²) in [4.78, 5) is 4.03. The van der Waals surface area contributed by atoms with Crippen molar-refractivity contribution in [3.8, 4) is 11.5 Å². The lowest BCUT2D eigenvalue weighted by Gasteiger charge is -2.09. The van der Waals surface area contributed by atoms with E-state index in [1.54, 1.807) is 0 Å². The van der Waals surface area contributed by atoms with E-state index < -0.39 is 11.6 Å². The Morgan fingerprint density at radius 1 is 1.28 bits per heavy atom. The van der Waals surface area contributed by atoms with Gasteiger partial charge in [-0.2, -0.15) is 4.98 Å². The number of nitrogens with two attached hydrogens (primary N) is 1. The maximum absolute atomic E-state index is 13.5. The van der Waals surface area contributed by atoms with E-state index in [1.165, 1.54) is 6.07 Å². The molecular weight excluding hydrogens is 240 g/mol. The van der Waals surface area contributed by atoms with Crippen LogP contribution in [0.3, 0.4) is 0 Å². The average molecular weight is 253 g/mol. The summed E-state index contributed by atoms with van der Waals surface area (Å²) in [5, 5.41) is 3.71. The first-order valence-electron chi connectivity index (χ1n) is 5.53. The number of aromatic nitrogens is 2. The predicted molar refractivity (Wildman–Crippen MR) is 61.4 cm³/mol. The molecule has 0 amide bonds. The predicted octanol–water partition coefficient (Wildman–Crippen LogP) is 2.67. The topological polar surface area (TPSA) is 64.9 Å². The largest absolute Gasteiger partial charge is 0.334 e. The van der Waals surface area contributed by atoms with Gasteiger partial charge < -0.3 is 10.3 Å². The van der Waals surface area contributed by atoms with Crippen LogP contribution < -0.4 is 5.73 Å². The molecule has 2 aromatic rings.